The van der Waals surface area contributed by atoms with Crippen LogP contribution < -0.4 is 5.32 Å². The SMILES string of the molecule is CC(=O)c1c(NC=C2C(=O)OC(C)(C)OC2=O)cc(C(F)(F)F)cc1C(F)(F)F. The number of anilines is 1. The zero-order valence-electron chi connectivity index (χ0n) is 15.0. The maximum atomic E-state index is 13.3. The fraction of sp³-hybridized carbons (Fsp3) is 0.353. The van der Waals surface area contributed by atoms with Crippen molar-refractivity contribution in [3.63, 3.8) is 0 Å². The lowest BCUT2D eigenvalue weighted by Crippen LogP contribution is -2.42. The first-order valence-electron chi connectivity index (χ1n) is 7.79. The number of hydrogen-bond donors (Lipinski definition) is 1. The van der Waals surface area contributed by atoms with Gasteiger partial charge in [0, 0.05) is 20.0 Å². The molecule has 0 aliphatic carbocycles. The first-order valence-corrected chi connectivity index (χ1v) is 7.79. The van der Waals surface area contributed by atoms with Gasteiger partial charge in [0.25, 0.3) is 5.79 Å². The van der Waals surface area contributed by atoms with Crippen LogP contribution in [-0.4, -0.2) is 23.5 Å². The number of nitrogens with one attached hydrogen (secondary N) is 1. The second kappa shape index (κ2) is 7.08. The Kier molecular flexibility index (Phi) is 5.43. The number of hydrogen-bond acceptors (Lipinski definition) is 6. The Morgan fingerprint density at radius 2 is 1.52 bits per heavy atom. The van der Waals surface area contributed by atoms with Crippen LogP contribution in [0.5, 0.6) is 0 Å². The van der Waals surface area contributed by atoms with Crippen molar-refractivity contribution in [3.05, 3.63) is 40.6 Å². The van der Waals surface area contributed by atoms with Gasteiger partial charge in [-0.1, -0.05) is 0 Å². The van der Waals surface area contributed by atoms with E-state index in [2.05, 4.69) is 0 Å². The molecule has 158 valence electrons. The molecule has 6 nitrogen and oxygen atoms in total. The van der Waals surface area contributed by atoms with E-state index in [1.165, 1.54) is 13.8 Å². The summed E-state index contributed by atoms with van der Waals surface area (Å²) < 4.78 is 88.4. The summed E-state index contributed by atoms with van der Waals surface area (Å²) in [6.07, 6.45) is -9.92. The molecule has 1 aliphatic rings. The third-order valence-electron chi connectivity index (χ3n) is 3.61. The van der Waals surface area contributed by atoms with Gasteiger partial charge in [0.2, 0.25) is 0 Å². The van der Waals surface area contributed by atoms with Crippen molar-refractivity contribution in [1.82, 2.24) is 0 Å². The molecule has 0 aromatic heterocycles. The third-order valence-corrected chi connectivity index (χ3v) is 3.61. The monoisotopic (exact) mass is 425 g/mol. The van der Waals surface area contributed by atoms with Crippen molar-refractivity contribution < 1.29 is 50.2 Å². The van der Waals surface area contributed by atoms with Crippen LogP contribution in [0.15, 0.2) is 23.9 Å². The molecule has 1 aliphatic heterocycles. The number of carbonyl (C=O) groups excluding carboxylic acids is 3. The van der Waals surface area contributed by atoms with Crippen molar-refractivity contribution in [2.45, 2.75) is 38.9 Å². The number of ether oxygens (including phenoxy) is 2. The van der Waals surface area contributed by atoms with Gasteiger partial charge >= 0.3 is 24.3 Å². The lowest BCUT2D eigenvalue weighted by Gasteiger charge is -2.29. The Hall–Kier alpha value is -3.05. The molecule has 29 heavy (non-hydrogen) atoms. The van der Waals surface area contributed by atoms with E-state index in [1.807, 2.05) is 5.32 Å². The number of esters is 2. The molecule has 0 spiro atoms. The van der Waals surface area contributed by atoms with E-state index in [0.717, 1.165) is 6.92 Å². The molecule has 1 aromatic carbocycles. The topological polar surface area (TPSA) is 81.7 Å². The molecule has 1 heterocycles. The van der Waals surface area contributed by atoms with Crippen LogP contribution in [0.2, 0.25) is 0 Å². The van der Waals surface area contributed by atoms with Crippen LogP contribution in [-0.2, 0) is 31.4 Å². The molecular weight excluding hydrogens is 412 g/mol. The summed E-state index contributed by atoms with van der Waals surface area (Å²) in [4.78, 5) is 35.4. The molecule has 0 amide bonds. The number of rotatable bonds is 3. The summed E-state index contributed by atoms with van der Waals surface area (Å²) >= 11 is 0. The smallest absolute Gasteiger partial charge is 0.417 e. The van der Waals surface area contributed by atoms with E-state index in [-0.39, 0.29) is 12.1 Å². The second-order valence-electron chi connectivity index (χ2n) is 6.38. The molecular formula is C17H13F6NO5. The normalized spacial score (nSPS) is 16.8. The van der Waals surface area contributed by atoms with Gasteiger partial charge in [-0.25, -0.2) is 9.59 Å². The summed E-state index contributed by atoms with van der Waals surface area (Å²) in [5.41, 5.74) is -6.33. The summed E-state index contributed by atoms with van der Waals surface area (Å²) in [7, 11) is 0. The first-order chi connectivity index (χ1) is 13.0. The molecule has 0 atom stereocenters. The summed E-state index contributed by atoms with van der Waals surface area (Å²) in [5.74, 6) is -5.23. The quantitative estimate of drug-likeness (QED) is 0.259. The van der Waals surface area contributed by atoms with Crippen molar-refractivity contribution in [1.29, 1.82) is 0 Å². The van der Waals surface area contributed by atoms with E-state index in [1.54, 1.807) is 0 Å². The van der Waals surface area contributed by atoms with Gasteiger partial charge in [-0.15, -0.1) is 0 Å². The molecule has 0 saturated carbocycles. The van der Waals surface area contributed by atoms with E-state index >= 15 is 0 Å². The Morgan fingerprint density at radius 3 is 1.93 bits per heavy atom. The van der Waals surface area contributed by atoms with Crippen LogP contribution in [0.1, 0.15) is 42.3 Å². The minimum atomic E-state index is -5.28. The number of Topliss-reactive ketones (excluding diaryl/α,β-unsaturated/α-hetero) is 1. The number of alkyl halides is 6. The number of halogens is 6. The molecule has 12 heteroatoms. The Labute approximate surface area is 159 Å². The molecule has 1 N–H and O–H groups in total. The number of benzene rings is 1. The average molecular weight is 425 g/mol. The number of carbonyl (C=O) groups is 3. The van der Waals surface area contributed by atoms with Crippen molar-refractivity contribution in [3.8, 4) is 0 Å². The lowest BCUT2D eigenvalue weighted by atomic mass is 9.97. The van der Waals surface area contributed by atoms with Crippen molar-refractivity contribution >= 4 is 23.4 Å². The van der Waals surface area contributed by atoms with E-state index in [9.17, 15) is 40.7 Å². The zero-order chi connectivity index (χ0) is 22.4. The molecule has 1 aromatic rings. The predicted molar refractivity (Wildman–Crippen MR) is 84.4 cm³/mol. The molecule has 2 rings (SSSR count). The zero-order valence-corrected chi connectivity index (χ0v) is 15.0. The number of cyclic esters (lactones) is 2. The van der Waals surface area contributed by atoms with Gasteiger partial charge in [-0.3, -0.25) is 4.79 Å². The van der Waals surface area contributed by atoms with E-state index in [4.69, 9.17) is 9.47 Å². The van der Waals surface area contributed by atoms with Crippen LogP contribution in [0.4, 0.5) is 32.0 Å². The second-order valence-corrected chi connectivity index (χ2v) is 6.38. The average Bonchev–Trinajstić information content (AvgIpc) is 2.50. The highest BCUT2D eigenvalue weighted by Crippen LogP contribution is 2.41. The largest absolute Gasteiger partial charge is 0.419 e. The highest BCUT2D eigenvalue weighted by Gasteiger charge is 2.41. The Bertz CT molecular complexity index is 892. The minimum Gasteiger partial charge on any atom is -0.419 e. The van der Waals surface area contributed by atoms with Gasteiger partial charge in [0.05, 0.1) is 22.4 Å². The van der Waals surface area contributed by atoms with Crippen LogP contribution in [0.3, 0.4) is 0 Å². The maximum Gasteiger partial charge on any atom is 0.417 e. The van der Waals surface area contributed by atoms with E-state index < -0.39 is 63.8 Å². The number of ketones is 1. The fourth-order valence-electron chi connectivity index (χ4n) is 2.45. The molecule has 0 radical (unpaired) electrons. The highest BCUT2D eigenvalue weighted by molar-refractivity contribution is 6.15. The summed E-state index contributed by atoms with van der Waals surface area (Å²) in [5, 5.41) is 1.99. The molecule has 1 saturated heterocycles. The minimum absolute atomic E-state index is 0.194. The van der Waals surface area contributed by atoms with Crippen LogP contribution >= 0.6 is 0 Å². The third kappa shape index (κ3) is 4.87. The van der Waals surface area contributed by atoms with E-state index in [0.29, 0.717) is 6.20 Å². The van der Waals surface area contributed by atoms with Crippen LogP contribution in [0.25, 0.3) is 0 Å². The van der Waals surface area contributed by atoms with Gasteiger partial charge in [0.1, 0.15) is 0 Å². The fourth-order valence-corrected chi connectivity index (χ4v) is 2.45. The highest BCUT2D eigenvalue weighted by atomic mass is 19.4. The molecule has 0 unspecified atom stereocenters. The standard InChI is InChI=1S/C17H13F6NO5/c1-7(25)12-10(17(21,22)23)4-8(16(18,19)20)5-11(12)24-6-9-13(26)28-15(2,3)29-14(9)27/h4-6,24H,1-3H3. The van der Waals surface area contributed by atoms with Gasteiger partial charge in [-0.2, -0.15) is 26.3 Å². The summed E-state index contributed by atoms with van der Waals surface area (Å²) in [6.45, 7) is 3.20. The van der Waals surface area contributed by atoms with Gasteiger partial charge in [-0.05, 0) is 19.1 Å². The first kappa shape index (κ1) is 22.2. The summed E-state index contributed by atoms with van der Waals surface area (Å²) in [6, 6.07) is 0.0627. The van der Waals surface area contributed by atoms with Gasteiger partial charge in [0.15, 0.2) is 11.4 Å². The van der Waals surface area contributed by atoms with Crippen LogP contribution in [0, 0.1) is 0 Å². The maximum absolute atomic E-state index is 13.3. The van der Waals surface area contributed by atoms with Gasteiger partial charge < -0.3 is 14.8 Å². The molecule has 1 fully saturated rings. The van der Waals surface area contributed by atoms with Crippen molar-refractivity contribution in [2.75, 3.05) is 5.32 Å². The Morgan fingerprint density at radius 1 is 1.00 bits per heavy atom. The lowest BCUT2D eigenvalue weighted by molar-refractivity contribution is -0.222. The predicted octanol–water partition coefficient (Wildman–Crippen LogP) is 4.06. The van der Waals surface area contributed by atoms with Crippen molar-refractivity contribution in [2.24, 2.45) is 0 Å². The molecule has 0 bridgehead atoms. The Balaban J connectivity index is 2.61.